The first kappa shape index (κ1) is 23.2. The molecule has 0 aromatic heterocycles. The molecule has 0 aliphatic carbocycles. The molecule has 1 aromatic rings. The lowest BCUT2D eigenvalue weighted by Crippen LogP contribution is -2.41. The molecule has 0 heterocycles. The molecule has 0 aliphatic heterocycles. The standard InChI is InChI=1S/C24H39N3/c1-10-18(3)21(6)24-16-23(13-12-19(24)4)22(7)25-14-15-27(11-2)17-20(5)26(8)9/h10,12-13,16,20,25H,4,7,11,14-15,17H2,1-3,5-6,8-9H3/b18-10+,24-21-. The van der Waals surface area contributed by atoms with Crippen molar-refractivity contribution in [1.82, 2.24) is 15.1 Å². The second-order valence-electron chi connectivity index (χ2n) is 7.58. The number of rotatable bonds is 10. The van der Waals surface area contributed by atoms with Crippen molar-refractivity contribution < 1.29 is 0 Å². The van der Waals surface area contributed by atoms with Gasteiger partial charge in [-0.25, -0.2) is 0 Å². The van der Waals surface area contributed by atoms with Crippen molar-refractivity contribution in [1.29, 1.82) is 0 Å². The Labute approximate surface area is 166 Å². The number of nitrogens with zero attached hydrogens (tertiary/aromatic N) is 2. The van der Waals surface area contributed by atoms with Crippen molar-refractivity contribution in [3.8, 4) is 0 Å². The molecule has 1 atom stereocenters. The summed E-state index contributed by atoms with van der Waals surface area (Å²) in [4.78, 5) is 4.74. The number of hydrogen-bond donors (Lipinski definition) is 1. The molecule has 0 bridgehead atoms. The normalized spacial score (nSPS) is 14.5. The highest BCUT2D eigenvalue weighted by Crippen LogP contribution is 2.09. The van der Waals surface area contributed by atoms with Crippen LogP contribution in [0.25, 0.3) is 17.8 Å². The van der Waals surface area contributed by atoms with Gasteiger partial charge in [0.1, 0.15) is 0 Å². The molecule has 1 aromatic carbocycles. The van der Waals surface area contributed by atoms with Gasteiger partial charge in [0.25, 0.3) is 0 Å². The number of hydrogen-bond acceptors (Lipinski definition) is 3. The Morgan fingerprint density at radius 1 is 1.26 bits per heavy atom. The zero-order chi connectivity index (χ0) is 20.6. The van der Waals surface area contributed by atoms with Crippen LogP contribution in [0.4, 0.5) is 0 Å². The summed E-state index contributed by atoms with van der Waals surface area (Å²) in [6, 6.07) is 6.94. The van der Waals surface area contributed by atoms with E-state index in [1.54, 1.807) is 0 Å². The molecule has 1 N–H and O–H groups in total. The first-order valence-electron chi connectivity index (χ1n) is 9.96. The summed E-state index contributed by atoms with van der Waals surface area (Å²) in [5.41, 5.74) is 4.65. The molecule has 0 saturated heterocycles. The maximum Gasteiger partial charge on any atom is 0.0341 e. The Kier molecular flexibility index (Phi) is 9.54. The molecule has 0 fully saturated rings. The quantitative estimate of drug-likeness (QED) is 0.684. The molecule has 27 heavy (non-hydrogen) atoms. The van der Waals surface area contributed by atoms with Crippen molar-refractivity contribution in [3.63, 3.8) is 0 Å². The van der Waals surface area contributed by atoms with Crippen LogP contribution in [0.3, 0.4) is 0 Å². The number of likely N-dealkylation sites (N-methyl/N-ethyl adjacent to an activating group) is 2. The molecule has 0 spiro atoms. The van der Waals surface area contributed by atoms with Crippen molar-refractivity contribution in [2.24, 2.45) is 0 Å². The largest absolute Gasteiger partial charge is 0.384 e. The Morgan fingerprint density at radius 2 is 1.93 bits per heavy atom. The van der Waals surface area contributed by atoms with Crippen LogP contribution in [-0.2, 0) is 0 Å². The Morgan fingerprint density at radius 3 is 2.48 bits per heavy atom. The van der Waals surface area contributed by atoms with Crippen LogP contribution >= 0.6 is 0 Å². The minimum atomic E-state index is 0.550. The smallest absolute Gasteiger partial charge is 0.0341 e. The lowest BCUT2D eigenvalue weighted by atomic mass is 10.0. The molecule has 0 amide bonds. The highest BCUT2D eigenvalue weighted by Gasteiger charge is 2.10. The summed E-state index contributed by atoms with van der Waals surface area (Å²) in [6.45, 7) is 23.3. The summed E-state index contributed by atoms with van der Waals surface area (Å²) in [6.07, 6.45) is 2.14. The average Bonchev–Trinajstić information content (AvgIpc) is 2.65. The van der Waals surface area contributed by atoms with Gasteiger partial charge in [-0.2, -0.15) is 0 Å². The van der Waals surface area contributed by atoms with E-state index >= 15 is 0 Å². The SMILES string of the molecule is C=C(NCCN(CC)CC(C)N(C)C)c1ccc(=C)/c(=C(C)\C(C)=C\C)c1. The number of nitrogens with one attached hydrogen (secondary N) is 1. The van der Waals surface area contributed by atoms with E-state index in [1.807, 2.05) is 0 Å². The Balaban J connectivity index is 2.80. The second kappa shape index (κ2) is 11.1. The maximum atomic E-state index is 4.25. The molecule has 1 rings (SSSR count). The molecule has 0 saturated carbocycles. The van der Waals surface area contributed by atoms with Gasteiger partial charge in [0, 0.05) is 31.4 Å². The van der Waals surface area contributed by atoms with Crippen molar-refractivity contribution in [2.75, 3.05) is 40.3 Å². The average molecular weight is 370 g/mol. The molecule has 3 nitrogen and oxygen atoms in total. The van der Waals surface area contributed by atoms with Crippen LogP contribution in [-0.4, -0.2) is 56.1 Å². The summed E-state index contributed by atoms with van der Waals surface area (Å²) in [5.74, 6) is 0. The van der Waals surface area contributed by atoms with Crippen molar-refractivity contribution in [2.45, 2.75) is 40.7 Å². The molecule has 1 unspecified atom stereocenters. The lowest BCUT2D eigenvalue weighted by molar-refractivity contribution is 0.201. The highest BCUT2D eigenvalue weighted by atomic mass is 15.2. The zero-order valence-electron chi connectivity index (χ0n) is 18.5. The highest BCUT2D eigenvalue weighted by molar-refractivity contribution is 5.66. The third kappa shape index (κ3) is 7.00. The van der Waals surface area contributed by atoms with E-state index in [9.17, 15) is 0 Å². The summed E-state index contributed by atoms with van der Waals surface area (Å²) in [7, 11) is 4.27. The van der Waals surface area contributed by atoms with Crippen molar-refractivity contribution >= 4 is 17.8 Å². The first-order valence-corrected chi connectivity index (χ1v) is 9.96. The van der Waals surface area contributed by atoms with E-state index in [0.717, 1.165) is 42.7 Å². The fourth-order valence-electron chi connectivity index (χ4n) is 2.92. The van der Waals surface area contributed by atoms with E-state index in [1.165, 1.54) is 16.4 Å². The van der Waals surface area contributed by atoms with Crippen LogP contribution in [0.1, 0.15) is 40.2 Å². The lowest BCUT2D eigenvalue weighted by Gasteiger charge is -2.28. The van der Waals surface area contributed by atoms with Crippen LogP contribution in [0.2, 0.25) is 0 Å². The second-order valence-corrected chi connectivity index (χ2v) is 7.58. The van der Waals surface area contributed by atoms with Gasteiger partial charge in [0.2, 0.25) is 0 Å². The predicted octanol–water partition coefficient (Wildman–Crippen LogP) is 3.07. The van der Waals surface area contributed by atoms with Gasteiger partial charge in [0.15, 0.2) is 0 Å². The zero-order valence-corrected chi connectivity index (χ0v) is 18.5. The third-order valence-corrected chi connectivity index (χ3v) is 5.50. The van der Waals surface area contributed by atoms with E-state index in [-0.39, 0.29) is 0 Å². The Hall–Kier alpha value is -1.84. The number of allylic oxidation sites excluding steroid dienone is 2. The van der Waals surface area contributed by atoms with Crippen LogP contribution < -0.4 is 15.8 Å². The van der Waals surface area contributed by atoms with Gasteiger partial charge in [-0.1, -0.05) is 43.9 Å². The summed E-state index contributed by atoms with van der Waals surface area (Å²) < 4.78 is 0. The van der Waals surface area contributed by atoms with Crippen LogP contribution in [0, 0.1) is 0 Å². The van der Waals surface area contributed by atoms with E-state index in [2.05, 4.69) is 101 Å². The Bertz CT molecular complexity index is 758. The molecular formula is C24H39N3. The van der Waals surface area contributed by atoms with Gasteiger partial charge >= 0.3 is 0 Å². The molecule has 0 aliphatic rings. The van der Waals surface area contributed by atoms with Gasteiger partial charge < -0.3 is 15.1 Å². The third-order valence-electron chi connectivity index (χ3n) is 5.50. The van der Waals surface area contributed by atoms with Gasteiger partial charge in [0.05, 0.1) is 0 Å². The van der Waals surface area contributed by atoms with E-state index in [4.69, 9.17) is 0 Å². The molecule has 3 heteroatoms. The van der Waals surface area contributed by atoms with E-state index < -0.39 is 0 Å². The molecular weight excluding hydrogens is 330 g/mol. The minimum Gasteiger partial charge on any atom is -0.384 e. The van der Waals surface area contributed by atoms with Crippen LogP contribution in [0.5, 0.6) is 0 Å². The van der Waals surface area contributed by atoms with E-state index in [0.29, 0.717) is 6.04 Å². The minimum absolute atomic E-state index is 0.550. The molecule has 150 valence electrons. The van der Waals surface area contributed by atoms with Crippen LogP contribution in [0.15, 0.2) is 36.4 Å². The fraction of sp³-hybridized carbons (Fsp3) is 0.500. The first-order chi connectivity index (χ1) is 12.7. The monoisotopic (exact) mass is 369 g/mol. The van der Waals surface area contributed by atoms with Gasteiger partial charge in [-0.05, 0) is 76.0 Å². The predicted molar refractivity (Wildman–Crippen MR) is 122 cm³/mol. The fourth-order valence-corrected chi connectivity index (χ4v) is 2.92. The molecule has 0 radical (unpaired) electrons. The van der Waals surface area contributed by atoms with Gasteiger partial charge in [-0.3, -0.25) is 0 Å². The maximum absolute atomic E-state index is 4.25. The van der Waals surface area contributed by atoms with Gasteiger partial charge in [-0.15, -0.1) is 0 Å². The van der Waals surface area contributed by atoms with Crippen molar-refractivity contribution in [3.05, 3.63) is 52.4 Å². The number of benzene rings is 1. The topological polar surface area (TPSA) is 18.5 Å². The summed E-state index contributed by atoms with van der Waals surface area (Å²) >= 11 is 0. The summed E-state index contributed by atoms with van der Waals surface area (Å²) in [5, 5.41) is 5.75.